The van der Waals surface area contributed by atoms with Crippen LogP contribution in [0, 0.1) is 0 Å². The summed E-state index contributed by atoms with van der Waals surface area (Å²) in [4.78, 5) is 14.3. The Morgan fingerprint density at radius 3 is 2.32 bits per heavy atom. The topological polar surface area (TPSA) is 93.9 Å². The van der Waals surface area contributed by atoms with E-state index >= 15 is 0 Å². The SMILES string of the molecule is C.CCN(C)C(=O)c1cc(-c2ccc(CN=S(=O)=O)cc2)n(-c2ccc(OC)cc2)n1. The van der Waals surface area contributed by atoms with Crippen LogP contribution in [0.25, 0.3) is 16.9 Å². The first-order chi connectivity index (χ1) is 14.4. The molecule has 9 heteroatoms. The van der Waals surface area contributed by atoms with Gasteiger partial charge in [0, 0.05) is 19.2 Å². The van der Waals surface area contributed by atoms with Crippen LogP contribution < -0.4 is 4.74 Å². The van der Waals surface area contributed by atoms with Gasteiger partial charge in [0.2, 0.25) is 0 Å². The largest absolute Gasteiger partial charge is 0.497 e. The average Bonchev–Trinajstić information content (AvgIpc) is 3.22. The van der Waals surface area contributed by atoms with Crippen LogP contribution in [-0.2, 0) is 17.0 Å². The number of hydrogen-bond donors (Lipinski definition) is 0. The molecule has 0 aliphatic heterocycles. The summed E-state index contributed by atoms with van der Waals surface area (Å²) in [7, 11) is 0.890. The Bertz CT molecular complexity index is 1160. The van der Waals surface area contributed by atoms with Gasteiger partial charge < -0.3 is 9.64 Å². The predicted octanol–water partition coefficient (Wildman–Crippen LogP) is 3.84. The van der Waals surface area contributed by atoms with E-state index in [1.54, 1.807) is 41.9 Å². The lowest BCUT2D eigenvalue weighted by Gasteiger charge is -2.12. The summed E-state index contributed by atoms with van der Waals surface area (Å²) in [6, 6.07) is 16.5. The van der Waals surface area contributed by atoms with Gasteiger partial charge in [-0.15, -0.1) is 0 Å². The lowest BCUT2D eigenvalue weighted by atomic mass is 10.1. The summed E-state index contributed by atoms with van der Waals surface area (Å²) in [5.41, 5.74) is 3.46. The van der Waals surface area contributed by atoms with E-state index in [2.05, 4.69) is 9.46 Å². The Kier molecular flexibility index (Phi) is 8.09. The highest BCUT2D eigenvalue weighted by Gasteiger charge is 2.19. The zero-order valence-corrected chi connectivity index (χ0v) is 17.8. The Morgan fingerprint density at radius 2 is 1.77 bits per heavy atom. The minimum atomic E-state index is -2.44. The second-order valence-electron chi connectivity index (χ2n) is 6.55. The minimum absolute atomic E-state index is 0. The number of carbonyl (C=O) groups is 1. The highest BCUT2D eigenvalue weighted by Crippen LogP contribution is 2.26. The molecule has 0 unspecified atom stereocenters. The van der Waals surface area contributed by atoms with Crippen molar-refractivity contribution in [2.24, 2.45) is 4.36 Å². The highest BCUT2D eigenvalue weighted by molar-refractivity contribution is 7.61. The van der Waals surface area contributed by atoms with Gasteiger partial charge in [0.25, 0.3) is 5.91 Å². The minimum Gasteiger partial charge on any atom is -0.497 e. The van der Waals surface area contributed by atoms with Crippen LogP contribution in [0.15, 0.2) is 59.0 Å². The fourth-order valence-corrected chi connectivity index (χ4v) is 3.11. The second-order valence-corrected chi connectivity index (χ2v) is 7.24. The third kappa shape index (κ3) is 5.58. The smallest absolute Gasteiger partial charge is 0.311 e. The van der Waals surface area contributed by atoms with Crippen molar-refractivity contribution in [2.45, 2.75) is 20.9 Å². The monoisotopic (exact) mass is 442 g/mol. The predicted molar refractivity (Wildman–Crippen MR) is 120 cm³/mol. The van der Waals surface area contributed by atoms with Crippen molar-refractivity contribution in [3.8, 4) is 22.7 Å². The van der Waals surface area contributed by atoms with Gasteiger partial charge in [-0.05, 0) is 42.8 Å². The zero-order chi connectivity index (χ0) is 21.7. The van der Waals surface area contributed by atoms with E-state index in [1.165, 1.54) is 0 Å². The van der Waals surface area contributed by atoms with Crippen molar-refractivity contribution in [2.75, 3.05) is 20.7 Å². The number of rotatable bonds is 7. The highest BCUT2D eigenvalue weighted by atomic mass is 32.2. The number of methoxy groups -OCH3 is 1. The van der Waals surface area contributed by atoms with Crippen LogP contribution in [0.5, 0.6) is 5.75 Å². The molecule has 0 radical (unpaired) electrons. The van der Waals surface area contributed by atoms with Crippen molar-refractivity contribution in [1.82, 2.24) is 14.7 Å². The van der Waals surface area contributed by atoms with E-state index in [0.29, 0.717) is 12.2 Å². The van der Waals surface area contributed by atoms with Gasteiger partial charge in [-0.25, -0.2) is 4.68 Å². The quantitative estimate of drug-likeness (QED) is 0.554. The molecule has 1 aromatic heterocycles. The number of nitrogens with zero attached hydrogens (tertiary/aromatic N) is 4. The van der Waals surface area contributed by atoms with Crippen LogP contribution in [0.1, 0.15) is 30.4 Å². The molecule has 1 heterocycles. The van der Waals surface area contributed by atoms with Crippen molar-refractivity contribution >= 4 is 16.4 Å². The third-order valence-electron chi connectivity index (χ3n) is 4.67. The van der Waals surface area contributed by atoms with Crippen LogP contribution >= 0.6 is 0 Å². The Morgan fingerprint density at radius 1 is 1.13 bits per heavy atom. The summed E-state index contributed by atoms with van der Waals surface area (Å²) < 4.78 is 31.7. The normalized spacial score (nSPS) is 10.2. The van der Waals surface area contributed by atoms with E-state index in [-0.39, 0.29) is 19.9 Å². The molecule has 3 aromatic rings. The maximum atomic E-state index is 12.7. The van der Waals surface area contributed by atoms with E-state index in [4.69, 9.17) is 4.74 Å². The van der Waals surface area contributed by atoms with Crippen LogP contribution in [0.4, 0.5) is 0 Å². The van der Waals surface area contributed by atoms with Gasteiger partial charge in [0.1, 0.15) is 5.75 Å². The maximum absolute atomic E-state index is 12.7. The molecule has 8 nitrogen and oxygen atoms in total. The zero-order valence-electron chi connectivity index (χ0n) is 16.9. The third-order valence-corrected chi connectivity index (χ3v) is 5.01. The summed E-state index contributed by atoms with van der Waals surface area (Å²) >= 11 is 0. The molecule has 2 aromatic carbocycles. The average molecular weight is 443 g/mol. The number of benzene rings is 2. The van der Waals surface area contributed by atoms with Gasteiger partial charge in [-0.2, -0.15) is 17.9 Å². The molecule has 0 fully saturated rings. The number of ether oxygens (including phenoxy) is 1. The standard InChI is InChI=1S/C21H22N4O4S.CH4/c1-4-24(2)21(26)19-13-20(16-7-5-15(6-8-16)14-22-30(27)28)25(23-19)17-9-11-18(29-3)12-10-17;/h5-13H,4,14H2,1-3H3;1H4. The molecule has 0 saturated carbocycles. The summed E-state index contributed by atoms with van der Waals surface area (Å²) in [5.74, 6) is 0.553. The van der Waals surface area contributed by atoms with E-state index in [1.807, 2.05) is 43.3 Å². The Labute approximate surface area is 183 Å². The number of hydrogen-bond acceptors (Lipinski definition) is 6. The summed E-state index contributed by atoms with van der Waals surface area (Å²) in [6.07, 6.45) is 0. The second kappa shape index (κ2) is 10.5. The lowest BCUT2D eigenvalue weighted by molar-refractivity contribution is 0.0796. The van der Waals surface area contributed by atoms with Gasteiger partial charge in [-0.3, -0.25) is 4.79 Å². The molecule has 31 heavy (non-hydrogen) atoms. The molecule has 0 N–H and O–H groups in total. The lowest BCUT2D eigenvalue weighted by Crippen LogP contribution is -2.26. The molecular formula is C22H26N4O4S. The Hall–Kier alpha value is -3.46. The number of carbonyl (C=O) groups excluding carboxylic acids is 1. The molecular weight excluding hydrogens is 416 g/mol. The molecule has 3 rings (SSSR count). The molecule has 0 bridgehead atoms. The first-order valence-corrected chi connectivity index (χ1v) is 10.3. The molecule has 0 aliphatic carbocycles. The van der Waals surface area contributed by atoms with E-state index in [0.717, 1.165) is 28.3 Å². The van der Waals surface area contributed by atoms with Crippen LogP contribution in [-0.4, -0.2) is 49.7 Å². The van der Waals surface area contributed by atoms with Gasteiger partial charge in [-0.1, -0.05) is 31.7 Å². The fraction of sp³-hybridized carbons (Fsp3) is 0.273. The molecule has 0 saturated heterocycles. The Balaban J connectivity index is 0.00000341. The molecule has 1 amide bonds. The first kappa shape index (κ1) is 23.8. The fourth-order valence-electron chi connectivity index (χ4n) is 2.86. The van der Waals surface area contributed by atoms with Crippen LogP contribution in [0.3, 0.4) is 0 Å². The van der Waals surface area contributed by atoms with Crippen molar-refractivity contribution in [1.29, 1.82) is 0 Å². The first-order valence-electron chi connectivity index (χ1n) is 9.29. The molecule has 164 valence electrons. The van der Waals surface area contributed by atoms with E-state index in [9.17, 15) is 13.2 Å². The van der Waals surface area contributed by atoms with Gasteiger partial charge in [0.05, 0.1) is 25.0 Å². The van der Waals surface area contributed by atoms with Crippen molar-refractivity contribution in [3.63, 3.8) is 0 Å². The summed E-state index contributed by atoms with van der Waals surface area (Å²) in [6.45, 7) is 2.56. The van der Waals surface area contributed by atoms with E-state index < -0.39 is 10.5 Å². The molecule has 0 aliphatic rings. The number of aromatic nitrogens is 2. The molecule has 0 atom stereocenters. The van der Waals surface area contributed by atoms with Crippen molar-refractivity contribution in [3.05, 3.63) is 65.9 Å². The van der Waals surface area contributed by atoms with Crippen LogP contribution in [0.2, 0.25) is 0 Å². The van der Waals surface area contributed by atoms with Gasteiger partial charge >= 0.3 is 10.5 Å². The maximum Gasteiger partial charge on any atom is 0.311 e. The van der Waals surface area contributed by atoms with Gasteiger partial charge in [0.15, 0.2) is 5.69 Å². The summed E-state index contributed by atoms with van der Waals surface area (Å²) in [5, 5.41) is 4.55. The van der Waals surface area contributed by atoms with Crippen molar-refractivity contribution < 1.29 is 17.9 Å². The number of amides is 1. The molecule has 0 spiro atoms.